The lowest BCUT2D eigenvalue weighted by atomic mass is 10.1. The van der Waals surface area contributed by atoms with Crippen LogP contribution in [0.15, 0.2) is 30.5 Å². The number of nitrogens with zero attached hydrogens (tertiary/aromatic N) is 3. The minimum Gasteiger partial charge on any atom is -0.359 e. The molecule has 0 saturated carbocycles. The van der Waals surface area contributed by atoms with Gasteiger partial charge < -0.3 is 19.7 Å². The minimum absolute atomic E-state index is 0.00370. The lowest BCUT2D eigenvalue weighted by Gasteiger charge is -2.23. The molecule has 1 aliphatic rings. The van der Waals surface area contributed by atoms with E-state index in [4.69, 9.17) is 0 Å². The van der Waals surface area contributed by atoms with Crippen molar-refractivity contribution >= 4 is 22.7 Å². The average Bonchev–Trinajstić information content (AvgIpc) is 2.80. The lowest BCUT2D eigenvalue weighted by molar-refractivity contribution is -0.125. The number of fused-ring (bicyclic) bond motifs is 1. The molecule has 0 bridgehead atoms. The van der Waals surface area contributed by atoms with E-state index in [1.165, 1.54) is 0 Å². The SMILES string of the molecule is CNC(=O)[C@H]1CN(C)CCN(C(=O)c2cn(C)c3ccccc23)C1. The van der Waals surface area contributed by atoms with Crippen LogP contribution in [0.25, 0.3) is 10.9 Å². The van der Waals surface area contributed by atoms with Crippen LogP contribution in [-0.4, -0.2) is 66.5 Å². The van der Waals surface area contributed by atoms with Crippen LogP contribution >= 0.6 is 0 Å². The highest BCUT2D eigenvalue weighted by Gasteiger charge is 2.29. The summed E-state index contributed by atoms with van der Waals surface area (Å²) in [5.74, 6) is -0.225. The van der Waals surface area contributed by atoms with Gasteiger partial charge in [-0.3, -0.25) is 9.59 Å². The van der Waals surface area contributed by atoms with Gasteiger partial charge in [0.1, 0.15) is 0 Å². The summed E-state index contributed by atoms with van der Waals surface area (Å²) in [7, 11) is 5.58. The first-order valence-electron chi connectivity index (χ1n) is 8.24. The Morgan fingerprint density at radius 3 is 2.62 bits per heavy atom. The molecule has 128 valence electrons. The van der Waals surface area contributed by atoms with Crippen LogP contribution in [0, 0.1) is 5.92 Å². The van der Waals surface area contributed by atoms with Gasteiger partial charge in [-0.2, -0.15) is 0 Å². The van der Waals surface area contributed by atoms with Gasteiger partial charge in [0.05, 0.1) is 11.5 Å². The van der Waals surface area contributed by atoms with Crippen LogP contribution in [0.4, 0.5) is 0 Å². The fraction of sp³-hybridized carbons (Fsp3) is 0.444. The van der Waals surface area contributed by atoms with E-state index in [2.05, 4.69) is 10.2 Å². The Balaban J connectivity index is 1.91. The van der Waals surface area contributed by atoms with E-state index in [9.17, 15) is 9.59 Å². The number of amides is 2. The van der Waals surface area contributed by atoms with E-state index >= 15 is 0 Å². The van der Waals surface area contributed by atoms with Gasteiger partial charge in [-0.1, -0.05) is 18.2 Å². The second-order valence-corrected chi connectivity index (χ2v) is 6.50. The molecule has 1 aromatic carbocycles. The number of rotatable bonds is 2. The highest BCUT2D eigenvalue weighted by atomic mass is 16.2. The average molecular weight is 328 g/mol. The van der Waals surface area contributed by atoms with E-state index in [1.54, 1.807) is 7.05 Å². The predicted octanol–water partition coefficient (Wildman–Crippen LogP) is 0.928. The van der Waals surface area contributed by atoms with Crippen molar-refractivity contribution in [2.75, 3.05) is 40.3 Å². The Morgan fingerprint density at radius 1 is 1.12 bits per heavy atom. The molecule has 2 heterocycles. The van der Waals surface area contributed by atoms with Gasteiger partial charge in [0.2, 0.25) is 5.91 Å². The van der Waals surface area contributed by atoms with Gasteiger partial charge in [-0.05, 0) is 13.1 Å². The van der Waals surface area contributed by atoms with Gasteiger partial charge in [0.15, 0.2) is 0 Å². The molecule has 1 N–H and O–H groups in total. The number of benzene rings is 1. The Bertz CT molecular complexity index is 767. The zero-order chi connectivity index (χ0) is 17.3. The smallest absolute Gasteiger partial charge is 0.256 e. The topological polar surface area (TPSA) is 57.6 Å². The summed E-state index contributed by atoms with van der Waals surface area (Å²) in [5.41, 5.74) is 1.74. The Morgan fingerprint density at radius 2 is 1.88 bits per heavy atom. The quantitative estimate of drug-likeness (QED) is 0.892. The Kier molecular flexibility index (Phi) is 4.57. The largest absolute Gasteiger partial charge is 0.359 e. The summed E-state index contributed by atoms with van der Waals surface area (Å²) in [6, 6.07) is 7.90. The fourth-order valence-corrected chi connectivity index (χ4v) is 3.41. The number of nitrogens with one attached hydrogen (secondary N) is 1. The third kappa shape index (κ3) is 3.01. The predicted molar refractivity (Wildman–Crippen MR) is 93.9 cm³/mol. The van der Waals surface area contributed by atoms with Crippen LogP contribution in [0.2, 0.25) is 0 Å². The second kappa shape index (κ2) is 6.65. The fourth-order valence-electron chi connectivity index (χ4n) is 3.41. The molecule has 24 heavy (non-hydrogen) atoms. The van der Waals surface area contributed by atoms with E-state index in [1.807, 2.05) is 54.0 Å². The van der Waals surface area contributed by atoms with Crippen LogP contribution in [0.1, 0.15) is 10.4 Å². The van der Waals surface area contributed by atoms with Crippen molar-refractivity contribution in [2.45, 2.75) is 0 Å². The number of aryl methyl sites for hydroxylation is 1. The third-order valence-corrected chi connectivity index (χ3v) is 4.76. The molecule has 0 spiro atoms. The molecule has 0 aliphatic carbocycles. The molecule has 3 rings (SSSR count). The standard InChI is InChI=1S/C18H24N4O2/c1-19-17(23)13-10-20(2)8-9-22(11-13)18(24)15-12-21(3)16-7-5-4-6-14(15)16/h4-7,12-13H,8-11H2,1-3H3,(H,19,23)/t13-/m0/s1. The molecule has 2 amide bonds. The lowest BCUT2D eigenvalue weighted by Crippen LogP contribution is -2.41. The summed E-state index contributed by atoms with van der Waals surface area (Å²) in [4.78, 5) is 29.1. The molecular formula is C18H24N4O2. The minimum atomic E-state index is -0.207. The first-order valence-corrected chi connectivity index (χ1v) is 8.24. The maximum atomic E-state index is 13.1. The number of carbonyl (C=O) groups is 2. The number of carbonyl (C=O) groups excluding carboxylic acids is 2. The van der Waals surface area contributed by atoms with E-state index in [0.717, 1.165) is 17.4 Å². The van der Waals surface area contributed by atoms with Crippen molar-refractivity contribution in [2.24, 2.45) is 13.0 Å². The van der Waals surface area contributed by atoms with Crippen molar-refractivity contribution in [3.8, 4) is 0 Å². The van der Waals surface area contributed by atoms with Crippen LogP contribution in [-0.2, 0) is 11.8 Å². The van der Waals surface area contributed by atoms with Gasteiger partial charge in [0.25, 0.3) is 5.91 Å². The van der Waals surface area contributed by atoms with Crippen molar-refractivity contribution in [1.29, 1.82) is 0 Å². The number of hydrogen-bond donors (Lipinski definition) is 1. The second-order valence-electron chi connectivity index (χ2n) is 6.50. The first kappa shape index (κ1) is 16.5. The van der Waals surface area contributed by atoms with Gasteiger partial charge in [-0.25, -0.2) is 0 Å². The Labute approximate surface area is 142 Å². The maximum Gasteiger partial charge on any atom is 0.256 e. The first-order chi connectivity index (χ1) is 11.5. The van der Waals surface area contributed by atoms with Crippen molar-refractivity contribution < 1.29 is 9.59 Å². The number of likely N-dealkylation sites (N-methyl/N-ethyl adjacent to an activating group) is 1. The molecule has 0 unspecified atom stereocenters. The number of para-hydroxylation sites is 1. The van der Waals surface area contributed by atoms with E-state index < -0.39 is 0 Å². The van der Waals surface area contributed by atoms with E-state index in [-0.39, 0.29) is 17.7 Å². The molecular weight excluding hydrogens is 304 g/mol. The summed E-state index contributed by atoms with van der Waals surface area (Å²) >= 11 is 0. The molecule has 6 nitrogen and oxygen atoms in total. The molecule has 1 aliphatic heterocycles. The van der Waals surface area contributed by atoms with E-state index in [0.29, 0.717) is 25.2 Å². The normalized spacial score (nSPS) is 19.3. The summed E-state index contributed by atoms with van der Waals surface area (Å²) in [5, 5.41) is 3.67. The zero-order valence-electron chi connectivity index (χ0n) is 14.5. The van der Waals surface area contributed by atoms with Crippen molar-refractivity contribution in [1.82, 2.24) is 19.7 Å². The van der Waals surface area contributed by atoms with Gasteiger partial charge >= 0.3 is 0 Å². The van der Waals surface area contributed by atoms with Crippen molar-refractivity contribution in [3.05, 3.63) is 36.0 Å². The summed E-state index contributed by atoms with van der Waals surface area (Å²) in [6.07, 6.45) is 1.89. The monoisotopic (exact) mass is 328 g/mol. The van der Waals surface area contributed by atoms with Gasteiger partial charge in [-0.15, -0.1) is 0 Å². The highest BCUT2D eigenvalue weighted by molar-refractivity contribution is 6.07. The maximum absolute atomic E-state index is 13.1. The number of hydrogen-bond acceptors (Lipinski definition) is 3. The number of aromatic nitrogens is 1. The van der Waals surface area contributed by atoms with Crippen LogP contribution in [0.5, 0.6) is 0 Å². The van der Waals surface area contributed by atoms with Crippen LogP contribution < -0.4 is 5.32 Å². The summed E-state index contributed by atoms with van der Waals surface area (Å²) < 4.78 is 1.97. The molecule has 1 aromatic heterocycles. The van der Waals surface area contributed by atoms with Crippen molar-refractivity contribution in [3.63, 3.8) is 0 Å². The molecule has 1 atom stereocenters. The zero-order valence-corrected chi connectivity index (χ0v) is 14.5. The molecule has 6 heteroatoms. The van der Waals surface area contributed by atoms with Gasteiger partial charge in [0, 0.05) is 57.4 Å². The summed E-state index contributed by atoms with van der Waals surface area (Å²) in [6.45, 7) is 2.51. The molecule has 2 aromatic rings. The third-order valence-electron chi connectivity index (χ3n) is 4.76. The highest BCUT2D eigenvalue weighted by Crippen LogP contribution is 2.23. The molecule has 1 fully saturated rings. The molecule has 1 saturated heterocycles. The molecule has 0 radical (unpaired) electrons. The Hall–Kier alpha value is -2.34. The van der Waals surface area contributed by atoms with Crippen LogP contribution in [0.3, 0.4) is 0 Å².